The molecule has 0 bridgehead atoms. The minimum Gasteiger partial charge on any atom is -0.497 e. The van der Waals surface area contributed by atoms with Crippen LogP contribution in [0, 0.1) is 0 Å². The second-order valence-electron chi connectivity index (χ2n) is 6.93. The molecule has 0 saturated carbocycles. The first kappa shape index (κ1) is 21.4. The fourth-order valence-corrected chi connectivity index (χ4v) is 3.78. The number of tetrazole rings is 1. The van der Waals surface area contributed by atoms with E-state index in [1.165, 1.54) is 14.2 Å². The smallest absolute Gasteiger partial charge is 0.255 e. The molecule has 11 heteroatoms. The molecule has 0 fully saturated rings. The standard InChI is InChI=1S/C21H21ClN6O4/c1-11-18(20(29)24-15-10-16(31-3)14(22)9-17(15)32-4)19(28-21(23-11)25-26-27-28)12-5-7-13(30-2)8-6-12/h5-10,19H,1-4H3,(H,24,29)(H,23,25,27)/t19-/m1/s1. The molecule has 0 saturated heterocycles. The van der Waals surface area contributed by atoms with Gasteiger partial charge in [-0.15, -0.1) is 0 Å². The maximum absolute atomic E-state index is 13.5. The van der Waals surface area contributed by atoms with Gasteiger partial charge in [0.2, 0.25) is 5.95 Å². The Kier molecular flexibility index (Phi) is 5.87. The Labute approximate surface area is 189 Å². The monoisotopic (exact) mass is 456 g/mol. The Bertz CT molecular complexity index is 1190. The summed E-state index contributed by atoms with van der Waals surface area (Å²) in [4.78, 5) is 13.5. The van der Waals surface area contributed by atoms with E-state index >= 15 is 0 Å². The van der Waals surface area contributed by atoms with Gasteiger partial charge < -0.3 is 24.8 Å². The second-order valence-corrected chi connectivity index (χ2v) is 7.33. The molecule has 1 aliphatic rings. The minimum absolute atomic E-state index is 0.361. The molecule has 2 N–H and O–H groups in total. The summed E-state index contributed by atoms with van der Waals surface area (Å²) < 4.78 is 17.5. The van der Waals surface area contributed by atoms with Crippen LogP contribution in [0.1, 0.15) is 18.5 Å². The molecule has 0 aliphatic carbocycles. The number of carbonyl (C=O) groups is 1. The molecule has 1 atom stereocenters. The normalized spacial score (nSPS) is 15.0. The Morgan fingerprint density at radius 3 is 2.47 bits per heavy atom. The van der Waals surface area contributed by atoms with Crippen molar-refractivity contribution in [3.8, 4) is 17.2 Å². The summed E-state index contributed by atoms with van der Waals surface area (Å²) in [6.45, 7) is 1.79. The third-order valence-corrected chi connectivity index (χ3v) is 5.41. The summed E-state index contributed by atoms with van der Waals surface area (Å²) in [5.74, 6) is 1.58. The highest BCUT2D eigenvalue weighted by Crippen LogP contribution is 2.39. The summed E-state index contributed by atoms with van der Waals surface area (Å²) in [6, 6.07) is 10.00. The van der Waals surface area contributed by atoms with Crippen LogP contribution in [-0.2, 0) is 4.79 Å². The van der Waals surface area contributed by atoms with Gasteiger partial charge in [0, 0.05) is 17.8 Å². The molecule has 3 aromatic rings. The van der Waals surface area contributed by atoms with Crippen LogP contribution >= 0.6 is 11.6 Å². The zero-order valence-corrected chi connectivity index (χ0v) is 18.6. The number of rotatable bonds is 6. The number of anilines is 2. The molecule has 0 unspecified atom stereocenters. The maximum Gasteiger partial charge on any atom is 0.255 e. The molecule has 2 heterocycles. The van der Waals surface area contributed by atoms with Crippen molar-refractivity contribution in [2.24, 2.45) is 0 Å². The Morgan fingerprint density at radius 1 is 1.09 bits per heavy atom. The number of fused-ring (bicyclic) bond motifs is 1. The number of benzene rings is 2. The number of methoxy groups -OCH3 is 3. The van der Waals surface area contributed by atoms with E-state index in [1.54, 1.807) is 30.8 Å². The van der Waals surface area contributed by atoms with E-state index < -0.39 is 6.04 Å². The third kappa shape index (κ3) is 3.80. The Balaban J connectivity index is 1.75. The predicted octanol–water partition coefficient (Wildman–Crippen LogP) is 3.28. The Hall–Kier alpha value is -3.79. The van der Waals surface area contributed by atoms with Crippen LogP contribution in [0.25, 0.3) is 0 Å². The van der Waals surface area contributed by atoms with Gasteiger partial charge in [0.15, 0.2) is 0 Å². The first-order chi connectivity index (χ1) is 15.5. The molecule has 0 spiro atoms. The molecule has 166 valence electrons. The lowest BCUT2D eigenvalue weighted by atomic mass is 9.95. The number of allylic oxidation sites excluding steroid dienone is 1. The zero-order chi connectivity index (χ0) is 22.8. The van der Waals surface area contributed by atoms with E-state index in [1.807, 2.05) is 24.3 Å². The largest absolute Gasteiger partial charge is 0.497 e. The molecule has 1 aliphatic heterocycles. The van der Waals surface area contributed by atoms with Gasteiger partial charge in [0.1, 0.15) is 23.3 Å². The van der Waals surface area contributed by atoms with Crippen molar-refractivity contribution >= 4 is 29.1 Å². The number of nitrogens with one attached hydrogen (secondary N) is 2. The lowest BCUT2D eigenvalue weighted by molar-refractivity contribution is -0.113. The highest BCUT2D eigenvalue weighted by Gasteiger charge is 2.34. The van der Waals surface area contributed by atoms with Gasteiger partial charge in [-0.3, -0.25) is 4.79 Å². The van der Waals surface area contributed by atoms with Crippen LogP contribution in [0.5, 0.6) is 17.2 Å². The molecular weight excluding hydrogens is 436 g/mol. The van der Waals surface area contributed by atoms with Crippen LogP contribution in [0.2, 0.25) is 5.02 Å². The topological polar surface area (TPSA) is 112 Å². The van der Waals surface area contributed by atoms with Gasteiger partial charge in [0.25, 0.3) is 5.91 Å². The van der Waals surface area contributed by atoms with E-state index in [0.29, 0.717) is 45.2 Å². The average Bonchev–Trinajstić information content (AvgIpc) is 3.26. The number of nitrogens with zero attached hydrogens (tertiary/aromatic N) is 4. The molecule has 1 aromatic heterocycles. The van der Waals surface area contributed by atoms with Crippen LogP contribution in [0.15, 0.2) is 47.7 Å². The summed E-state index contributed by atoms with van der Waals surface area (Å²) in [5.41, 5.74) is 2.28. The van der Waals surface area contributed by atoms with Crippen LogP contribution in [0.4, 0.5) is 11.6 Å². The molecule has 2 aromatic carbocycles. The van der Waals surface area contributed by atoms with Gasteiger partial charge in [-0.25, -0.2) is 0 Å². The van der Waals surface area contributed by atoms with E-state index in [9.17, 15) is 4.79 Å². The first-order valence-corrected chi connectivity index (χ1v) is 9.97. The highest BCUT2D eigenvalue weighted by molar-refractivity contribution is 6.32. The predicted molar refractivity (Wildman–Crippen MR) is 118 cm³/mol. The molecule has 10 nitrogen and oxygen atoms in total. The van der Waals surface area contributed by atoms with Gasteiger partial charge in [-0.1, -0.05) is 28.8 Å². The van der Waals surface area contributed by atoms with Crippen LogP contribution in [-0.4, -0.2) is 47.4 Å². The summed E-state index contributed by atoms with van der Waals surface area (Å²) >= 11 is 6.19. The van der Waals surface area contributed by atoms with E-state index in [4.69, 9.17) is 25.8 Å². The number of carbonyl (C=O) groups excluding carboxylic acids is 1. The van der Waals surface area contributed by atoms with Crippen molar-refractivity contribution in [3.63, 3.8) is 0 Å². The molecule has 32 heavy (non-hydrogen) atoms. The number of hydrogen-bond donors (Lipinski definition) is 2. The van der Waals surface area contributed by atoms with Crippen molar-refractivity contribution < 1.29 is 19.0 Å². The number of halogens is 1. The average molecular weight is 457 g/mol. The second kappa shape index (κ2) is 8.75. The fourth-order valence-electron chi connectivity index (χ4n) is 3.55. The van der Waals surface area contributed by atoms with Gasteiger partial charge in [0.05, 0.1) is 37.6 Å². The van der Waals surface area contributed by atoms with Crippen LogP contribution < -0.4 is 24.8 Å². The van der Waals surface area contributed by atoms with E-state index in [0.717, 1.165) is 5.56 Å². The van der Waals surface area contributed by atoms with Crippen molar-refractivity contribution in [2.75, 3.05) is 32.0 Å². The number of aromatic nitrogens is 4. The fraction of sp³-hybridized carbons (Fsp3) is 0.238. The van der Waals surface area contributed by atoms with Crippen molar-refractivity contribution in [2.45, 2.75) is 13.0 Å². The van der Waals surface area contributed by atoms with Gasteiger partial charge in [-0.05, 0) is 35.0 Å². The van der Waals surface area contributed by atoms with Crippen molar-refractivity contribution in [3.05, 3.63) is 58.3 Å². The summed E-state index contributed by atoms with van der Waals surface area (Å²) in [5, 5.41) is 18.2. The molecule has 1 amide bonds. The van der Waals surface area contributed by atoms with Crippen LogP contribution in [0.3, 0.4) is 0 Å². The number of amides is 1. The number of ether oxygens (including phenoxy) is 3. The minimum atomic E-state index is -0.563. The lowest BCUT2D eigenvalue weighted by Crippen LogP contribution is -2.31. The Morgan fingerprint density at radius 2 is 1.81 bits per heavy atom. The van der Waals surface area contributed by atoms with Crippen molar-refractivity contribution in [1.82, 2.24) is 20.2 Å². The highest BCUT2D eigenvalue weighted by atomic mass is 35.5. The van der Waals surface area contributed by atoms with Gasteiger partial charge >= 0.3 is 0 Å². The summed E-state index contributed by atoms with van der Waals surface area (Å²) in [7, 11) is 4.58. The third-order valence-electron chi connectivity index (χ3n) is 5.11. The van der Waals surface area contributed by atoms with Gasteiger partial charge in [-0.2, -0.15) is 4.68 Å². The zero-order valence-electron chi connectivity index (χ0n) is 17.8. The lowest BCUT2D eigenvalue weighted by Gasteiger charge is -2.28. The first-order valence-electron chi connectivity index (χ1n) is 9.59. The molecule has 0 radical (unpaired) electrons. The summed E-state index contributed by atoms with van der Waals surface area (Å²) in [6.07, 6.45) is 0. The SMILES string of the molecule is COc1ccc([C@@H]2C(C(=O)Nc3cc(OC)c(Cl)cc3OC)=C(C)Nc3nnnn32)cc1. The van der Waals surface area contributed by atoms with E-state index in [2.05, 4.69) is 26.2 Å². The molecule has 4 rings (SSSR count). The molecular formula is C21H21ClN6O4. The quantitative estimate of drug-likeness (QED) is 0.581. The number of hydrogen-bond acceptors (Lipinski definition) is 8. The maximum atomic E-state index is 13.5. The van der Waals surface area contributed by atoms with E-state index in [-0.39, 0.29) is 5.91 Å². The van der Waals surface area contributed by atoms with Crippen molar-refractivity contribution in [1.29, 1.82) is 0 Å².